The lowest BCUT2D eigenvalue weighted by atomic mass is 9.95. The standard InChI is InChI=1S/C27H18Cl2N2O2/c28-20-13-21-24-15-23(19-11-10-16-6-4-5-9-18(16)12-19)30-31(24)27(33-26(21)22(29)14-20)25(32)17-7-2-1-3-8-17/h1-14,24,27H,15H2. The quantitative estimate of drug-likeness (QED) is 0.304. The van der Waals surface area contributed by atoms with Crippen LogP contribution in [0.3, 0.4) is 0 Å². The fourth-order valence-electron chi connectivity index (χ4n) is 4.58. The SMILES string of the molecule is O=C(c1ccccc1)C1Oc2c(Cl)cc(Cl)cc2C2CC(c3ccc4ccccc4c3)=NN12. The van der Waals surface area contributed by atoms with Crippen LogP contribution >= 0.6 is 23.2 Å². The summed E-state index contributed by atoms with van der Waals surface area (Å²) >= 11 is 12.8. The van der Waals surface area contributed by atoms with E-state index in [2.05, 4.69) is 30.3 Å². The maximum atomic E-state index is 13.4. The van der Waals surface area contributed by atoms with Gasteiger partial charge in [0.05, 0.1) is 16.8 Å². The number of rotatable bonds is 3. The number of fused-ring (bicyclic) bond motifs is 4. The van der Waals surface area contributed by atoms with Gasteiger partial charge in [-0.25, -0.2) is 5.01 Å². The summed E-state index contributed by atoms with van der Waals surface area (Å²) in [6.45, 7) is 0. The molecule has 2 heterocycles. The molecule has 2 atom stereocenters. The fourth-order valence-corrected chi connectivity index (χ4v) is 5.13. The summed E-state index contributed by atoms with van der Waals surface area (Å²) in [6.07, 6.45) is -0.300. The summed E-state index contributed by atoms with van der Waals surface area (Å²) in [5.41, 5.74) is 3.31. The molecule has 2 aliphatic heterocycles. The van der Waals surface area contributed by atoms with Crippen molar-refractivity contribution in [1.29, 1.82) is 0 Å². The predicted octanol–water partition coefficient (Wildman–Crippen LogP) is 6.90. The summed E-state index contributed by atoms with van der Waals surface area (Å²) in [5.74, 6) is 0.326. The predicted molar refractivity (Wildman–Crippen MR) is 131 cm³/mol. The second-order valence-corrected chi connectivity index (χ2v) is 9.06. The van der Waals surface area contributed by atoms with E-state index in [4.69, 9.17) is 33.0 Å². The summed E-state index contributed by atoms with van der Waals surface area (Å²) < 4.78 is 6.18. The molecule has 0 aromatic heterocycles. The molecule has 0 saturated heterocycles. The minimum Gasteiger partial charge on any atom is -0.459 e. The monoisotopic (exact) mass is 472 g/mol. The van der Waals surface area contributed by atoms with Gasteiger partial charge in [0.15, 0.2) is 0 Å². The van der Waals surface area contributed by atoms with Gasteiger partial charge in [0.1, 0.15) is 5.75 Å². The number of hydrazone groups is 1. The molecule has 33 heavy (non-hydrogen) atoms. The number of carbonyl (C=O) groups is 1. The summed E-state index contributed by atoms with van der Waals surface area (Å²) in [7, 11) is 0. The highest BCUT2D eigenvalue weighted by Crippen LogP contribution is 2.47. The number of nitrogens with zero attached hydrogens (tertiary/aromatic N) is 2. The number of ether oxygens (including phenoxy) is 1. The molecule has 2 unspecified atom stereocenters. The third-order valence-electron chi connectivity index (χ3n) is 6.17. The van der Waals surface area contributed by atoms with Crippen LogP contribution in [0.1, 0.15) is 33.9 Å². The van der Waals surface area contributed by atoms with E-state index < -0.39 is 6.23 Å². The molecule has 0 fully saturated rings. The first-order valence-corrected chi connectivity index (χ1v) is 11.4. The number of Topliss-reactive ketones (excluding diaryl/α,β-unsaturated/α-hetero) is 1. The van der Waals surface area contributed by atoms with Crippen LogP contribution in [0.15, 0.2) is 90.0 Å². The second kappa shape index (κ2) is 7.91. The molecule has 0 bridgehead atoms. The Bertz CT molecular complexity index is 1440. The zero-order chi connectivity index (χ0) is 22.5. The van der Waals surface area contributed by atoms with Crippen molar-refractivity contribution in [3.63, 3.8) is 0 Å². The average molecular weight is 473 g/mol. The number of hydrogen-bond donors (Lipinski definition) is 0. The normalized spacial score (nSPS) is 19.0. The Morgan fingerprint density at radius 3 is 2.48 bits per heavy atom. The van der Waals surface area contributed by atoms with Gasteiger partial charge < -0.3 is 4.74 Å². The first-order chi connectivity index (χ1) is 16.1. The van der Waals surface area contributed by atoms with E-state index in [1.807, 2.05) is 36.4 Å². The topological polar surface area (TPSA) is 41.9 Å². The average Bonchev–Trinajstić information content (AvgIpc) is 3.29. The van der Waals surface area contributed by atoms with Gasteiger partial charge in [-0.3, -0.25) is 4.79 Å². The van der Waals surface area contributed by atoms with Crippen molar-refractivity contribution in [3.8, 4) is 5.75 Å². The minimum absolute atomic E-state index is 0.166. The van der Waals surface area contributed by atoms with Crippen molar-refractivity contribution in [2.24, 2.45) is 5.10 Å². The van der Waals surface area contributed by atoms with Crippen LogP contribution < -0.4 is 4.74 Å². The Hall–Kier alpha value is -3.34. The largest absolute Gasteiger partial charge is 0.459 e. The van der Waals surface area contributed by atoms with Crippen LogP contribution in [0.5, 0.6) is 5.75 Å². The Morgan fingerprint density at radius 2 is 1.67 bits per heavy atom. The van der Waals surface area contributed by atoms with Crippen molar-refractivity contribution >= 4 is 45.5 Å². The Morgan fingerprint density at radius 1 is 0.909 bits per heavy atom. The van der Waals surface area contributed by atoms with E-state index in [1.165, 1.54) is 5.39 Å². The summed E-state index contributed by atoms with van der Waals surface area (Å²) in [6, 6.07) is 26.9. The molecule has 6 rings (SSSR count). The van der Waals surface area contributed by atoms with E-state index in [1.54, 1.807) is 23.2 Å². The first-order valence-electron chi connectivity index (χ1n) is 10.7. The van der Waals surface area contributed by atoms with Crippen LogP contribution in [-0.2, 0) is 0 Å². The van der Waals surface area contributed by atoms with Gasteiger partial charge in [0.25, 0.3) is 6.23 Å². The molecular formula is C27H18Cl2N2O2. The zero-order valence-corrected chi connectivity index (χ0v) is 18.9. The van der Waals surface area contributed by atoms with Crippen LogP contribution in [-0.4, -0.2) is 22.7 Å². The van der Waals surface area contributed by atoms with E-state index in [0.717, 1.165) is 22.2 Å². The molecule has 0 amide bonds. The number of ketones is 1. The van der Waals surface area contributed by atoms with E-state index >= 15 is 0 Å². The van der Waals surface area contributed by atoms with Crippen molar-refractivity contribution in [2.75, 3.05) is 0 Å². The van der Waals surface area contributed by atoms with Crippen LogP contribution in [0.2, 0.25) is 10.0 Å². The van der Waals surface area contributed by atoms with E-state index in [-0.39, 0.29) is 11.8 Å². The summed E-state index contributed by atoms with van der Waals surface area (Å²) in [4.78, 5) is 13.4. The van der Waals surface area contributed by atoms with Crippen molar-refractivity contribution in [2.45, 2.75) is 18.7 Å². The third kappa shape index (κ3) is 3.47. The number of hydrogen-bond acceptors (Lipinski definition) is 4. The lowest BCUT2D eigenvalue weighted by Gasteiger charge is -2.37. The molecule has 4 nitrogen and oxygen atoms in total. The minimum atomic E-state index is -0.915. The fraction of sp³-hybridized carbons (Fsp3) is 0.111. The van der Waals surface area contributed by atoms with Crippen molar-refractivity contribution in [1.82, 2.24) is 5.01 Å². The van der Waals surface area contributed by atoms with Crippen LogP contribution in [0.4, 0.5) is 0 Å². The molecule has 4 aromatic rings. The highest BCUT2D eigenvalue weighted by molar-refractivity contribution is 6.35. The molecule has 6 heteroatoms. The number of halogens is 2. The van der Waals surface area contributed by atoms with E-state index in [0.29, 0.717) is 27.8 Å². The first kappa shape index (κ1) is 20.3. The molecule has 0 saturated carbocycles. The molecule has 162 valence electrons. The lowest BCUT2D eigenvalue weighted by molar-refractivity contribution is -0.00447. The Labute approximate surface area is 201 Å². The Kier molecular flexibility index (Phi) is 4.86. The van der Waals surface area contributed by atoms with E-state index in [9.17, 15) is 4.79 Å². The van der Waals surface area contributed by atoms with Gasteiger partial charge in [-0.15, -0.1) is 0 Å². The highest BCUT2D eigenvalue weighted by Gasteiger charge is 2.44. The molecule has 0 aliphatic carbocycles. The molecule has 0 spiro atoms. The Balaban J connectivity index is 1.46. The van der Waals surface area contributed by atoms with Crippen LogP contribution in [0, 0.1) is 0 Å². The lowest BCUT2D eigenvalue weighted by Crippen LogP contribution is -2.46. The van der Waals surface area contributed by atoms with Crippen LogP contribution in [0.25, 0.3) is 10.8 Å². The molecule has 0 radical (unpaired) electrons. The molecule has 0 N–H and O–H groups in total. The highest BCUT2D eigenvalue weighted by atomic mass is 35.5. The molecular weight excluding hydrogens is 455 g/mol. The maximum Gasteiger partial charge on any atom is 0.251 e. The van der Waals surface area contributed by atoms with Gasteiger partial charge in [-0.1, -0.05) is 89.9 Å². The van der Waals surface area contributed by atoms with Gasteiger partial charge >= 0.3 is 0 Å². The molecule has 2 aliphatic rings. The number of carbonyl (C=O) groups excluding carboxylic acids is 1. The van der Waals surface area contributed by atoms with Crippen molar-refractivity contribution in [3.05, 3.63) is 112 Å². The van der Waals surface area contributed by atoms with Gasteiger partial charge in [0, 0.05) is 22.6 Å². The smallest absolute Gasteiger partial charge is 0.251 e. The van der Waals surface area contributed by atoms with Crippen molar-refractivity contribution < 1.29 is 9.53 Å². The third-order valence-corrected chi connectivity index (χ3v) is 6.67. The van der Waals surface area contributed by atoms with Gasteiger partial charge in [-0.05, 0) is 34.5 Å². The van der Waals surface area contributed by atoms with Gasteiger partial charge in [0.2, 0.25) is 5.78 Å². The summed E-state index contributed by atoms with van der Waals surface area (Å²) in [5, 5.41) is 9.87. The zero-order valence-electron chi connectivity index (χ0n) is 17.4. The number of benzene rings is 4. The van der Waals surface area contributed by atoms with Gasteiger partial charge in [-0.2, -0.15) is 5.10 Å². The second-order valence-electron chi connectivity index (χ2n) is 8.22. The maximum absolute atomic E-state index is 13.4. The molecule has 4 aromatic carbocycles.